The zero-order valence-electron chi connectivity index (χ0n) is 10.2. The molecule has 3 N–H and O–H groups in total. The summed E-state index contributed by atoms with van der Waals surface area (Å²) in [5, 5.41) is 3.00. The summed E-state index contributed by atoms with van der Waals surface area (Å²) in [6.07, 6.45) is 2.60. The summed E-state index contributed by atoms with van der Waals surface area (Å²) in [7, 11) is 3.71. The van der Waals surface area contributed by atoms with Gasteiger partial charge in [0.15, 0.2) is 0 Å². The Hall–Kier alpha value is -0.650. The largest absolute Gasteiger partial charge is 0.385 e. The van der Waals surface area contributed by atoms with Crippen LogP contribution in [-0.2, 0) is 9.53 Å². The number of rotatable bonds is 5. The van der Waals surface area contributed by atoms with Crippen molar-refractivity contribution in [3.63, 3.8) is 0 Å². The molecule has 1 saturated heterocycles. The minimum Gasteiger partial charge on any atom is -0.385 e. The maximum Gasteiger partial charge on any atom is 0.237 e. The van der Waals surface area contributed by atoms with Gasteiger partial charge in [-0.05, 0) is 39.4 Å². The molecule has 1 unspecified atom stereocenters. The second kappa shape index (κ2) is 6.83. The molecule has 1 rings (SSSR count). The van der Waals surface area contributed by atoms with E-state index in [0.29, 0.717) is 13.0 Å². The molecule has 94 valence electrons. The number of hydrogen-bond donors (Lipinski definition) is 2. The van der Waals surface area contributed by atoms with Crippen LogP contribution in [0.4, 0.5) is 0 Å². The lowest BCUT2D eigenvalue weighted by atomic mass is 10.0. The molecule has 0 aromatic heterocycles. The van der Waals surface area contributed by atoms with Crippen molar-refractivity contribution in [3.8, 4) is 0 Å². The third-order valence-corrected chi connectivity index (χ3v) is 3.03. The predicted octanol–water partition coefficient (Wildman–Crippen LogP) is -0.439. The van der Waals surface area contributed by atoms with Crippen molar-refractivity contribution in [1.82, 2.24) is 10.2 Å². The summed E-state index contributed by atoms with van der Waals surface area (Å²) in [6, 6.07) is -0.156. The average molecular weight is 229 g/mol. The molecule has 1 aliphatic rings. The Morgan fingerprint density at radius 1 is 1.56 bits per heavy atom. The smallest absolute Gasteiger partial charge is 0.237 e. The Morgan fingerprint density at radius 2 is 2.19 bits per heavy atom. The quantitative estimate of drug-likeness (QED) is 0.671. The van der Waals surface area contributed by atoms with Gasteiger partial charge in [-0.2, -0.15) is 0 Å². The topological polar surface area (TPSA) is 67.6 Å². The van der Waals surface area contributed by atoms with E-state index in [1.807, 2.05) is 0 Å². The average Bonchev–Trinajstić information content (AvgIpc) is 2.29. The van der Waals surface area contributed by atoms with Gasteiger partial charge in [-0.3, -0.25) is 4.79 Å². The number of nitrogens with two attached hydrogens (primary N) is 1. The number of carbonyl (C=O) groups is 1. The summed E-state index contributed by atoms with van der Waals surface area (Å²) in [5.74, 6) is -0.0494. The highest BCUT2D eigenvalue weighted by Gasteiger charge is 2.21. The normalized spacial score (nSPS) is 20.7. The van der Waals surface area contributed by atoms with Crippen molar-refractivity contribution in [3.05, 3.63) is 0 Å². The molecule has 1 amide bonds. The number of methoxy groups -OCH3 is 1. The number of amides is 1. The highest BCUT2D eigenvalue weighted by Crippen LogP contribution is 2.08. The lowest BCUT2D eigenvalue weighted by Gasteiger charge is -2.30. The fourth-order valence-corrected chi connectivity index (χ4v) is 1.84. The first-order chi connectivity index (χ1) is 7.63. The van der Waals surface area contributed by atoms with Crippen molar-refractivity contribution in [2.45, 2.75) is 31.3 Å². The first kappa shape index (κ1) is 13.4. The third-order valence-electron chi connectivity index (χ3n) is 3.03. The summed E-state index contributed by atoms with van der Waals surface area (Å²) in [5.41, 5.74) is 5.75. The lowest BCUT2D eigenvalue weighted by Crippen LogP contribution is -2.49. The second-order valence-corrected chi connectivity index (χ2v) is 4.47. The van der Waals surface area contributed by atoms with Crippen LogP contribution in [0.15, 0.2) is 0 Å². The zero-order valence-corrected chi connectivity index (χ0v) is 10.2. The minimum absolute atomic E-state index is 0.0494. The van der Waals surface area contributed by atoms with Gasteiger partial charge in [0, 0.05) is 19.8 Å². The fourth-order valence-electron chi connectivity index (χ4n) is 1.84. The molecule has 1 atom stereocenters. The molecule has 0 bridgehead atoms. The van der Waals surface area contributed by atoms with Crippen molar-refractivity contribution in [2.75, 3.05) is 33.9 Å². The summed E-state index contributed by atoms with van der Waals surface area (Å²) < 4.78 is 4.90. The van der Waals surface area contributed by atoms with Crippen LogP contribution >= 0.6 is 0 Å². The van der Waals surface area contributed by atoms with E-state index in [1.54, 1.807) is 7.11 Å². The molecule has 1 fully saturated rings. The SMILES string of the molecule is COCCC(N)C(=O)NC1CCN(C)CC1. The van der Waals surface area contributed by atoms with Crippen LogP contribution in [0, 0.1) is 0 Å². The molecule has 1 aliphatic heterocycles. The van der Waals surface area contributed by atoms with Gasteiger partial charge >= 0.3 is 0 Å². The summed E-state index contributed by atoms with van der Waals surface area (Å²) in [4.78, 5) is 14.0. The Morgan fingerprint density at radius 3 is 2.75 bits per heavy atom. The Bertz CT molecular complexity index is 215. The van der Waals surface area contributed by atoms with Crippen molar-refractivity contribution in [1.29, 1.82) is 0 Å². The van der Waals surface area contributed by atoms with E-state index in [2.05, 4.69) is 17.3 Å². The summed E-state index contributed by atoms with van der Waals surface area (Å²) >= 11 is 0. The van der Waals surface area contributed by atoms with E-state index >= 15 is 0 Å². The third kappa shape index (κ3) is 4.47. The van der Waals surface area contributed by atoms with Crippen molar-refractivity contribution in [2.24, 2.45) is 5.73 Å². The molecule has 0 saturated carbocycles. The molecule has 1 heterocycles. The number of nitrogens with zero attached hydrogens (tertiary/aromatic N) is 1. The maximum absolute atomic E-state index is 11.7. The molecule has 0 aliphatic carbocycles. The molecule has 5 nitrogen and oxygen atoms in total. The summed E-state index contributed by atoms with van der Waals surface area (Å²) in [6.45, 7) is 2.61. The fraction of sp³-hybridized carbons (Fsp3) is 0.909. The molecular weight excluding hydrogens is 206 g/mol. The number of hydrogen-bond acceptors (Lipinski definition) is 4. The second-order valence-electron chi connectivity index (χ2n) is 4.47. The van der Waals surface area contributed by atoms with Gasteiger partial charge in [0.05, 0.1) is 6.04 Å². The van der Waals surface area contributed by atoms with Gasteiger partial charge in [-0.25, -0.2) is 0 Å². The van der Waals surface area contributed by atoms with E-state index in [-0.39, 0.29) is 11.9 Å². The highest BCUT2D eigenvalue weighted by molar-refractivity contribution is 5.81. The number of likely N-dealkylation sites (tertiary alicyclic amines) is 1. The molecule has 0 aromatic carbocycles. The molecular formula is C11H23N3O2. The van der Waals surface area contributed by atoms with Crippen LogP contribution in [0.2, 0.25) is 0 Å². The van der Waals surface area contributed by atoms with E-state index in [0.717, 1.165) is 25.9 Å². The first-order valence-electron chi connectivity index (χ1n) is 5.87. The van der Waals surface area contributed by atoms with Gasteiger partial charge in [0.1, 0.15) is 0 Å². The molecule has 16 heavy (non-hydrogen) atoms. The van der Waals surface area contributed by atoms with Crippen LogP contribution in [0.5, 0.6) is 0 Å². The van der Waals surface area contributed by atoms with Gasteiger partial charge in [-0.1, -0.05) is 0 Å². The highest BCUT2D eigenvalue weighted by atomic mass is 16.5. The Balaban J connectivity index is 2.22. The van der Waals surface area contributed by atoms with Crippen LogP contribution in [-0.4, -0.2) is 56.7 Å². The molecule has 0 aromatic rings. The minimum atomic E-state index is -0.445. The van der Waals surface area contributed by atoms with Crippen LogP contribution in [0.1, 0.15) is 19.3 Å². The van der Waals surface area contributed by atoms with Crippen LogP contribution < -0.4 is 11.1 Å². The van der Waals surface area contributed by atoms with E-state index in [4.69, 9.17) is 10.5 Å². The zero-order chi connectivity index (χ0) is 12.0. The van der Waals surface area contributed by atoms with Crippen molar-refractivity contribution < 1.29 is 9.53 Å². The van der Waals surface area contributed by atoms with E-state index in [9.17, 15) is 4.79 Å². The van der Waals surface area contributed by atoms with Crippen LogP contribution in [0.25, 0.3) is 0 Å². The molecule has 0 spiro atoms. The number of piperidine rings is 1. The predicted molar refractivity (Wildman–Crippen MR) is 63.1 cm³/mol. The Kier molecular flexibility index (Phi) is 5.73. The lowest BCUT2D eigenvalue weighted by molar-refractivity contribution is -0.123. The number of nitrogens with one attached hydrogen (secondary N) is 1. The van der Waals surface area contributed by atoms with Gasteiger partial charge in [0.25, 0.3) is 0 Å². The van der Waals surface area contributed by atoms with Gasteiger partial charge in [0.2, 0.25) is 5.91 Å². The van der Waals surface area contributed by atoms with Gasteiger partial charge < -0.3 is 20.7 Å². The number of carbonyl (C=O) groups excluding carboxylic acids is 1. The first-order valence-corrected chi connectivity index (χ1v) is 5.87. The Labute approximate surface area is 97.3 Å². The standard InChI is InChI=1S/C11H23N3O2/c1-14-6-3-9(4-7-14)13-11(15)10(12)5-8-16-2/h9-10H,3-8,12H2,1-2H3,(H,13,15). The molecule has 5 heteroatoms. The van der Waals surface area contributed by atoms with E-state index in [1.165, 1.54) is 0 Å². The monoisotopic (exact) mass is 229 g/mol. The number of ether oxygens (including phenoxy) is 1. The molecule has 0 radical (unpaired) electrons. The van der Waals surface area contributed by atoms with E-state index < -0.39 is 6.04 Å². The maximum atomic E-state index is 11.7. The van der Waals surface area contributed by atoms with Gasteiger partial charge in [-0.15, -0.1) is 0 Å². The van der Waals surface area contributed by atoms with Crippen LogP contribution in [0.3, 0.4) is 0 Å². The van der Waals surface area contributed by atoms with Crippen molar-refractivity contribution >= 4 is 5.91 Å².